The van der Waals surface area contributed by atoms with E-state index >= 15 is 0 Å². The van der Waals surface area contributed by atoms with E-state index in [2.05, 4.69) is 0 Å². The van der Waals surface area contributed by atoms with Crippen LogP contribution < -0.4 is 0 Å². The maximum Gasteiger partial charge on any atom is 0.0814 e. The Balaban J connectivity index is 0. The minimum absolute atomic E-state index is 0. The largest absolute Gasteiger partial charge is 0.0814 e. The number of hydrogen-bond acceptors (Lipinski definition) is 0. The van der Waals surface area contributed by atoms with Gasteiger partial charge in [0, 0.05) is 56.8 Å². The molecule has 0 aromatic heterocycles. The van der Waals surface area contributed by atoms with Crippen molar-refractivity contribution in [2.45, 2.75) is 0 Å². The second kappa shape index (κ2) is 36.4. The van der Waals surface area contributed by atoms with Gasteiger partial charge in [0.2, 0.25) is 0 Å². The molecule has 0 fully saturated rings. The SMILES string of the molecule is B.[Cr].[Cu].[Nb].[SiH4]. The van der Waals surface area contributed by atoms with Gasteiger partial charge >= 0.3 is 0 Å². The van der Waals surface area contributed by atoms with E-state index in [4.69, 9.17) is 0 Å². The molecule has 0 aliphatic heterocycles. The Morgan fingerprint density at radius 1 is 1.00 bits per heavy atom. The zero-order valence-corrected chi connectivity index (χ0v) is 5.57. The summed E-state index contributed by atoms with van der Waals surface area (Å²) in [6, 6.07) is 0. The van der Waals surface area contributed by atoms with Gasteiger partial charge in [-0.3, -0.25) is 0 Å². The van der Waals surface area contributed by atoms with Gasteiger partial charge < -0.3 is 0 Å². The Morgan fingerprint density at radius 3 is 1.00 bits per heavy atom. The third-order valence-corrected chi connectivity index (χ3v) is 0. The van der Waals surface area contributed by atoms with Crippen molar-refractivity contribution in [2.75, 3.05) is 0 Å². The molecular formula is H7BCrCuNbSi. The molecule has 0 spiro atoms. The molecular weight excluding hydrogens is 247 g/mol. The van der Waals surface area contributed by atoms with Crippen molar-refractivity contribution in [1.29, 1.82) is 0 Å². The van der Waals surface area contributed by atoms with E-state index < -0.39 is 0 Å². The van der Waals surface area contributed by atoms with Gasteiger partial charge in [0.15, 0.2) is 0 Å². The summed E-state index contributed by atoms with van der Waals surface area (Å²) in [5.41, 5.74) is 0. The molecule has 0 rings (SSSR count). The monoisotopic (exact) mass is 254 g/mol. The molecule has 0 aromatic carbocycles. The summed E-state index contributed by atoms with van der Waals surface area (Å²) >= 11 is 0. The molecule has 0 aliphatic rings. The van der Waals surface area contributed by atoms with Crippen LogP contribution in [0.4, 0.5) is 0 Å². The van der Waals surface area contributed by atoms with Gasteiger partial charge in [0.05, 0.1) is 8.41 Å². The van der Waals surface area contributed by atoms with Crippen molar-refractivity contribution in [1.82, 2.24) is 0 Å². The van der Waals surface area contributed by atoms with Crippen LogP contribution >= 0.6 is 0 Å². The summed E-state index contributed by atoms with van der Waals surface area (Å²) < 4.78 is 0. The van der Waals surface area contributed by atoms with Crippen LogP contribution in [0.5, 0.6) is 0 Å². The van der Waals surface area contributed by atoms with Gasteiger partial charge in [0.25, 0.3) is 0 Å². The van der Waals surface area contributed by atoms with Crippen LogP contribution in [0, 0.1) is 0 Å². The second-order valence-electron chi connectivity index (χ2n) is 0. The summed E-state index contributed by atoms with van der Waals surface area (Å²) in [5.74, 6) is 0. The first-order valence-corrected chi connectivity index (χ1v) is 0. The molecule has 2 radical (unpaired) electrons. The van der Waals surface area contributed by atoms with Crippen LogP contribution in [0.15, 0.2) is 0 Å². The third-order valence-electron chi connectivity index (χ3n) is 0. The third kappa shape index (κ3) is 23.4. The number of rotatable bonds is 0. The Hall–Kier alpha value is 2.07. The molecule has 0 amide bonds. The summed E-state index contributed by atoms with van der Waals surface area (Å²) in [7, 11) is 0. The average Bonchev–Trinajstić information content (AvgIpc) is 0. The average molecular weight is 254 g/mol. The number of hydrogen-bond donors (Lipinski definition) is 0. The molecule has 0 atom stereocenters. The maximum absolute atomic E-state index is 0. The Morgan fingerprint density at radius 2 is 1.00 bits per heavy atom. The van der Waals surface area contributed by atoms with Crippen molar-refractivity contribution >= 4 is 19.4 Å². The first kappa shape index (κ1) is 60.7. The van der Waals surface area contributed by atoms with Gasteiger partial charge in [-0.05, 0) is 11.0 Å². The summed E-state index contributed by atoms with van der Waals surface area (Å²) in [6.45, 7) is 0. The minimum atomic E-state index is 0. The van der Waals surface area contributed by atoms with E-state index in [1.807, 2.05) is 0 Å². The fraction of sp³-hybridized carbons (Fsp3) is 0. The van der Waals surface area contributed by atoms with Crippen molar-refractivity contribution in [2.24, 2.45) is 0 Å². The molecule has 0 nitrogen and oxygen atoms in total. The van der Waals surface area contributed by atoms with Crippen molar-refractivity contribution < 1.29 is 56.8 Å². The Bertz CT molecular complexity index is 11.6. The van der Waals surface area contributed by atoms with Crippen molar-refractivity contribution in [3.63, 3.8) is 0 Å². The minimum Gasteiger partial charge on any atom is -0.0149 e. The molecule has 0 heterocycles. The topological polar surface area (TPSA) is 0 Å². The Labute approximate surface area is 75.6 Å². The smallest absolute Gasteiger partial charge is 0.0149 e. The van der Waals surface area contributed by atoms with Crippen molar-refractivity contribution in [3.05, 3.63) is 0 Å². The van der Waals surface area contributed by atoms with Crippen LogP contribution in [0.3, 0.4) is 0 Å². The van der Waals surface area contributed by atoms with Crippen LogP contribution in [0.2, 0.25) is 0 Å². The molecule has 0 bridgehead atoms. The summed E-state index contributed by atoms with van der Waals surface area (Å²) in [5, 5.41) is 0. The molecule has 0 saturated heterocycles. The van der Waals surface area contributed by atoms with E-state index in [0.29, 0.717) is 0 Å². The van der Waals surface area contributed by atoms with E-state index in [1.165, 1.54) is 0 Å². The van der Waals surface area contributed by atoms with Crippen LogP contribution in [-0.4, -0.2) is 19.4 Å². The first-order chi connectivity index (χ1) is 0. The molecule has 0 saturated carbocycles. The second-order valence-corrected chi connectivity index (χ2v) is 0. The molecule has 5 heteroatoms. The van der Waals surface area contributed by atoms with Crippen LogP contribution in [-0.2, 0) is 56.8 Å². The van der Waals surface area contributed by atoms with Gasteiger partial charge in [-0.15, -0.1) is 0 Å². The van der Waals surface area contributed by atoms with Gasteiger partial charge in [0.1, 0.15) is 0 Å². The van der Waals surface area contributed by atoms with E-state index in [1.54, 1.807) is 0 Å². The standard InChI is InChI=1S/BH3.Cr.Cu.Nb.H4Si/h1H3;;;;1H4. The predicted molar refractivity (Wildman–Crippen MR) is 21.3 cm³/mol. The first-order valence-electron chi connectivity index (χ1n) is 0. The van der Waals surface area contributed by atoms with E-state index in [9.17, 15) is 0 Å². The van der Waals surface area contributed by atoms with Crippen molar-refractivity contribution in [3.8, 4) is 0 Å². The maximum atomic E-state index is 0. The molecule has 36 valence electrons. The quantitative estimate of drug-likeness (QED) is 0.415. The summed E-state index contributed by atoms with van der Waals surface area (Å²) in [4.78, 5) is 0. The van der Waals surface area contributed by atoms with Gasteiger partial charge in [-0.2, -0.15) is 0 Å². The van der Waals surface area contributed by atoms with E-state index in [-0.39, 0.29) is 76.2 Å². The Kier molecular flexibility index (Phi) is 441. The normalized spacial score (nSPS) is 0. The molecule has 0 aliphatic carbocycles. The van der Waals surface area contributed by atoms with Gasteiger partial charge in [-0.25, -0.2) is 0 Å². The fourth-order valence-electron chi connectivity index (χ4n) is 0. The molecule has 0 N–H and O–H groups in total. The van der Waals surface area contributed by atoms with Gasteiger partial charge in [-0.1, -0.05) is 0 Å². The fourth-order valence-corrected chi connectivity index (χ4v) is 0. The van der Waals surface area contributed by atoms with Crippen LogP contribution in [0.25, 0.3) is 0 Å². The summed E-state index contributed by atoms with van der Waals surface area (Å²) in [6.07, 6.45) is 0. The van der Waals surface area contributed by atoms with Crippen LogP contribution in [0.1, 0.15) is 0 Å². The molecule has 0 unspecified atom stereocenters. The van der Waals surface area contributed by atoms with E-state index in [0.717, 1.165) is 0 Å². The molecule has 5 heavy (non-hydrogen) atoms. The zero-order chi connectivity index (χ0) is 0. The predicted octanol–water partition coefficient (Wildman–Crippen LogP) is -2.64. The zero-order valence-electron chi connectivity index (χ0n) is 1.16. The molecule has 0 aromatic rings.